The zero-order valence-corrected chi connectivity index (χ0v) is 12.9. The Bertz CT molecular complexity index is 672. The minimum Gasteiger partial charge on any atom is -0.396 e. The van der Waals surface area contributed by atoms with Crippen molar-refractivity contribution in [3.63, 3.8) is 0 Å². The van der Waals surface area contributed by atoms with Crippen molar-refractivity contribution in [1.82, 2.24) is 0 Å². The van der Waals surface area contributed by atoms with Gasteiger partial charge in [0.2, 0.25) is 0 Å². The molecule has 0 aliphatic heterocycles. The molecule has 1 aromatic carbocycles. The van der Waals surface area contributed by atoms with E-state index in [1.807, 2.05) is 6.26 Å². The zero-order chi connectivity index (χ0) is 15.4. The van der Waals surface area contributed by atoms with Crippen LogP contribution in [-0.2, 0) is 6.42 Å². The van der Waals surface area contributed by atoms with Gasteiger partial charge in [-0.05, 0) is 30.4 Å². The number of hydrogen-bond acceptors (Lipinski definition) is 5. The van der Waals surface area contributed by atoms with Gasteiger partial charge in [-0.15, -0.1) is 23.1 Å². The molecule has 0 saturated heterocycles. The van der Waals surface area contributed by atoms with Crippen molar-refractivity contribution in [2.24, 2.45) is 0 Å². The second-order valence-electron chi connectivity index (χ2n) is 4.27. The number of nitrogens with two attached hydrogens (primary N) is 1. The largest absolute Gasteiger partial charge is 0.396 e. The fraction of sp³-hybridized carbons (Fsp3) is 0.214. The monoisotopic (exact) mass is 325 g/mol. The van der Waals surface area contributed by atoms with Crippen molar-refractivity contribution in [2.75, 3.05) is 23.9 Å². The normalized spacial score (nSPS) is 10.4. The number of benzene rings is 1. The summed E-state index contributed by atoms with van der Waals surface area (Å²) in [4.78, 5) is 1.31. The number of anilines is 2. The summed E-state index contributed by atoms with van der Waals surface area (Å²) in [5.74, 6) is -1.16. The molecule has 0 fully saturated rings. The molecule has 0 spiro atoms. The molecule has 0 bridgehead atoms. The van der Waals surface area contributed by atoms with Crippen LogP contribution in [0.15, 0.2) is 23.1 Å². The van der Waals surface area contributed by atoms with Gasteiger partial charge in [0.25, 0.3) is 0 Å². The Morgan fingerprint density at radius 1 is 1.33 bits per heavy atom. The molecule has 21 heavy (non-hydrogen) atoms. The summed E-state index contributed by atoms with van der Waals surface area (Å²) < 4.78 is 26.2. The maximum Gasteiger partial charge on any atom is 0.131 e. The van der Waals surface area contributed by atoms with Gasteiger partial charge >= 0.3 is 0 Å². The van der Waals surface area contributed by atoms with Crippen molar-refractivity contribution in [3.8, 4) is 6.07 Å². The Balaban J connectivity index is 2.05. The first-order valence-electron chi connectivity index (χ1n) is 6.10. The summed E-state index contributed by atoms with van der Waals surface area (Å²) in [5.41, 5.74) is 6.94. The lowest BCUT2D eigenvalue weighted by atomic mass is 10.1. The minimum absolute atomic E-state index is 0.471. The SMILES string of the molecule is CSc1c(NCCc2cc(F)cc(F)c2)sc(C#N)c1N. The van der Waals surface area contributed by atoms with Crippen LogP contribution in [0.5, 0.6) is 0 Å². The number of nitrogens with zero attached hydrogens (tertiary/aromatic N) is 1. The average molecular weight is 325 g/mol. The maximum atomic E-state index is 13.1. The lowest BCUT2D eigenvalue weighted by Crippen LogP contribution is -2.05. The van der Waals surface area contributed by atoms with Crippen LogP contribution in [0, 0.1) is 23.0 Å². The number of halogens is 2. The molecule has 0 aliphatic carbocycles. The van der Waals surface area contributed by atoms with Gasteiger partial charge in [-0.25, -0.2) is 8.78 Å². The Hall–Kier alpha value is -1.78. The Morgan fingerprint density at radius 3 is 2.57 bits per heavy atom. The van der Waals surface area contributed by atoms with E-state index in [9.17, 15) is 8.78 Å². The Kier molecular flexibility index (Phi) is 5.04. The van der Waals surface area contributed by atoms with Gasteiger partial charge < -0.3 is 11.1 Å². The lowest BCUT2D eigenvalue weighted by Gasteiger charge is -2.07. The standard InChI is InChI=1S/C14H13F2N3S2/c1-20-13-12(18)11(7-17)21-14(13)19-3-2-8-4-9(15)6-10(16)5-8/h4-6,19H,2-3,18H2,1H3. The highest BCUT2D eigenvalue weighted by Gasteiger charge is 2.14. The van der Waals surface area contributed by atoms with Crippen LogP contribution in [-0.4, -0.2) is 12.8 Å². The number of hydrogen-bond donors (Lipinski definition) is 2. The number of nitrogen functional groups attached to an aromatic ring is 1. The maximum absolute atomic E-state index is 13.1. The van der Waals surface area contributed by atoms with Gasteiger partial charge in [0.05, 0.1) is 10.6 Å². The smallest absolute Gasteiger partial charge is 0.131 e. The molecule has 3 nitrogen and oxygen atoms in total. The first-order valence-corrected chi connectivity index (χ1v) is 8.14. The van der Waals surface area contributed by atoms with Gasteiger partial charge in [0.1, 0.15) is 27.6 Å². The van der Waals surface area contributed by atoms with E-state index >= 15 is 0 Å². The van der Waals surface area contributed by atoms with Crippen molar-refractivity contribution in [1.29, 1.82) is 5.26 Å². The highest BCUT2D eigenvalue weighted by Crippen LogP contribution is 2.41. The van der Waals surface area contributed by atoms with Crippen molar-refractivity contribution >= 4 is 33.8 Å². The second kappa shape index (κ2) is 6.78. The van der Waals surface area contributed by atoms with E-state index in [1.54, 1.807) is 0 Å². The minimum atomic E-state index is -0.582. The van der Waals surface area contributed by atoms with Crippen LogP contribution in [0.2, 0.25) is 0 Å². The van der Waals surface area contributed by atoms with Crippen LogP contribution in [0.4, 0.5) is 19.5 Å². The van der Waals surface area contributed by atoms with Crippen LogP contribution in [0.1, 0.15) is 10.4 Å². The van der Waals surface area contributed by atoms with Gasteiger partial charge in [-0.3, -0.25) is 0 Å². The van der Waals surface area contributed by atoms with E-state index in [0.29, 0.717) is 29.1 Å². The fourth-order valence-corrected chi connectivity index (χ4v) is 3.76. The van der Waals surface area contributed by atoms with Gasteiger partial charge in [0, 0.05) is 12.6 Å². The highest BCUT2D eigenvalue weighted by atomic mass is 32.2. The topological polar surface area (TPSA) is 61.8 Å². The second-order valence-corrected chi connectivity index (χ2v) is 6.11. The van der Waals surface area contributed by atoms with E-state index in [1.165, 1.54) is 35.2 Å². The van der Waals surface area contributed by atoms with E-state index in [0.717, 1.165) is 16.0 Å². The van der Waals surface area contributed by atoms with E-state index in [-0.39, 0.29) is 0 Å². The molecule has 3 N–H and O–H groups in total. The number of rotatable bonds is 5. The van der Waals surface area contributed by atoms with Crippen LogP contribution >= 0.6 is 23.1 Å². The third-order valence-electron chi connectivity index (χ3n) is 2.83. The van der Waals surface area contributed by atoms with Gasteiger partial charge in [0.15, 0.2) is 0 Å². The van der Waals surface area contributed by atoms with Crippen molar-refractivity contribution < 1.29 is 8.78 Å². The predicted octanol–water partition coefficient (Wildman–Crippen LogP) is 3.86. The van der Waals surface area contributed by atoms with Crippen molar-refractivity contribution in [3.05, 3.63) is 40.3 Å². The molecule has 2 rings (SSSR count). The number of thioether (sulfide) groups is 1. The molecule has 0 aliphatic rings. The first-order chi connectivity index (χ1) is 10.0. The summed E-state index contributed by atoms with van der Waals surface area (Å²) in [5, 5.41) is 13.0. The summed E-state index contributed by atoms with van der Waals surface area (Å²) in [7, 11) is 0. The molecule has 0 radical (unpaired) electrons. The number of nitrogens with one attached hydrogen (secondary N) is 1. The zero-order valence-electron chi connectivity index (χ0n) is 11.2. The van der Waals surface area contributed by atoms with E-state index in [4.69, 9.17) is 11.0 Å². The van der Waals surface area contributed by atoms with Crippen molar-refractivity contribution in [2.45, 2.75) is 11.3 Å². The lowest BCUT2D eigenvalue weighted by molar-refractivity contribution is 0.580. The number of nitriles is 1. The molecule has 0 saturated carbocycles. The quantitative estimate of drug-likeness (QED) is 0.820. The first kappa shape index (κ1) is 15.6. The summed E-state index contributed by atoms with van der Waals surface area (Å²) in [6.07, 6.45) is 2.36. The predicted molar refractivity (Wildman–Crippen MR) is 83.8 cm³/mol. The number of thiophene rings is 1. The third kappa shape index (κ3) is 3.65. The summed E-state index contributed by atoms with van der Waals surface area (Å²) >= 11 is 2.75. The molecule has 0 atom stereocenters. The Labute approximate surface area is 129 Å². The van der Waals surface area contributed by atoms with Crippen LogP contribution in [0.3, 0.4) is 0 Å². The third-order valence-corrected chi connectivity index (χ3v) is 4.86. The average Bonchev–Trinajstić information content (AvgIpc) is 2.73. The Morgan fingerprint density at radius 2 is 2.00 bits per heavy atom. The van der Waals surface area contributed by atoms with E-state index < -0.39 is 11.6 Å². The molecule has 1 aromatic heterocycles. The van der Waals surface area contributed by atoms with Gasteiger partial charge in [-0.2, -0.15) is 5.26 Å². The molecule has 1 heterocycles. The molecule has 110 valence electrons. The molecule has 7 heteroatoms. The molecular weight excluding hydrogens is 312 g/mol. The molecule has 0 amide bonds. The molecular formula is C14H13F2N3S2. The van der Waals surface area contributed by atoms with E-state index in [2.05, 4.69) is 11.4 Å². The van der Waals surface area contributed by atoms with Gasteiger partial charge in [-0.1, -0.05) is 0 Å². The van der Waals surface area contributed by atoms with Crippen LogP contribution < -0.4 is 11.1 Å². The summed E-state index contributed by atoms with van der Waals surface area (Å²) in [6, 6.07) is 5.52. The summed E-state index contributed by atoms with van der Waals surface area (Å²) in [6.45, 7) is 0.501. The molecule has 2 aromatic rings. The van der Waals surface area contributed by atoms with Crippen LogP contribution in [0.25, 0.3) is 0 Å². The fourth-order valence-electron chi connectivity index (χ4n) is 1.91. The highest BCUT2D eigenvalue weighted by molar-refractivity contribution is 7.99. The molecule has 0 unspecified atom stereocenters.